The summed E-state index contributed by atoms with van der Waals surface area (Å²) in [7, 11) is 0. The lowest BCUT2D eigenvalue weighted by Crippen LogP contribution is -2.40. The molecule has 144 valence electrons. The second-order valence-corrected chi connectivity index (χ2v) is 6.51. The van der Waals surface area contributed by atoms with Gasteiger partial charge in [-0.05, 0) is 36.2 Å². The molecule has 4 rings (SSSR count). The Kier molecular flexibility index (Phi) is 4.70. The number of rotatable bonds is 6. The summed E-state index contributed by atoms with van der Waals surface area (Å²) in [5, 5.41) is 12.9. The van der Waals surface area contributed by atoms with Gasteiger partial charge in [-0.1, -0.05) is 18.2 Å². The van der Waals surface area contributed by atoms with Crippen molar-refractivity contribution in [2.45, 2.75) is 12.5 Å². The molecule has 1 atom stereocenters. The predicted octanol–water partition coefficient (Wildman–Crippen LogP) is 1.25. The highest BCUT2D eigenvalue weighted by Crippen LogP contribution is 2.34. The summed E-state index contributed by atoms with van der Waals surface area (Å²) in [6, 6.07) is 11.6. The topological polar surface area (TPSA) is 105 Å². The minimum Gasteiger partial charge on any atom is -0.454 e. The van der Waals surface area contributed by atoms with E-state index in [0.717, 1.165) is 4.90 Å². The smallest absolute Gasteiger partial charge is 0.262 e. The van der Waals surface area contributed by atoms with Gasteiger partial charge < -0.3 is 19.9 Å². The first kappa shape index (κ1) is 18.0. The molecule has 8 heteroatoms. The van der Waals surface area contributed by atoms with Gasteiger partial charge in [0.25, 0.3) is 11.8 Å². The number of aliphatic hydroxyl groups excluding tert-OH is 1. The average molecular weight is 382 g/mol. The largest absolute Gasteiger partial charge is 0.454 e. The fourth-order valence-electron chi connectivity index (χ4n) is 3.22. The van der Waals surface area contributed by atoms with E-state index in [1.165, 1.54) is 0 Å². The Bertz CT molecular complexity index is 922. The van der Waals surface area contributed by atoms with E-state index in [-0.39, 0.29) is 26.3 Å². The number of carbonyl (C=O) groups is 3. The minimum absolute atomic E-state index is 0.156. The Labute approximate surface area is 160 Å². The third-order valence-electron chi connectivity index (χ3n) is 4.70. The van der Waals surface area contributed by atoms with Gasteiger partial charge in [-0.25, -0.2) is 0 Å². The van der Waals surface area contributed by atoms with Crippen LogP contribution in [0.15, 0.2) is 42.5 Å². The maximum Gasteiger partial charge on any atom is 0.262 e. The molecule has 28 heavy (non-hydrogen) atoms. The molecule has 2 N–H and O–H groups in total. The zero-order valence-corrected chi connectivity index (χ0v) is 14.9. The van der Waals surface area contributed by atoms with Gasteiger partial charge in [-0.15, -0.1) is 0 Å². The number of amides is 3. The second-order valence-electron chi connectivity index (χ2n) is 6.51. The van der Waals surface area contributed by atoms with Crippen LogP contribution >= 0.6 is 0 Å². The average Bonchev–Trinajstić information content (AvgIpc) is 3.26. The van der Waals surface area contributed by atoms with E-state index in [2.05, 4.69) is 5.32 Å². The first-order valence-electron chi connectivity index (χ1n) is 8.84. The summed E-state index contributed by atoms with van der Waals surface area (Å²) in [4.78, 5) is 37.6. The molecular formula is C20H18N2O6. The highest BCUT2D eigenvalue weighted by molar-refractivity contribution is 6.22. The van der Waals surface area contributed by atoms with E-state index in [1.807, 2.05) is 0 Å². The minimum atomic E-state index is -0.797. The third-order valence-corrected chi connectivity index (χ3v) is 4.70. The van der Waals surface area contributed by atoms with Crippen molar-refractivity contribution in [1.82, 2.24) is 10.2 Å². The molecule has 2 aliphatic heterocycles. The molecule has 2 aromatic carbocycles. The molecule has 8 nitrogen and oxygen atoms in total. The number of hydrogen-bond donors (Lipinski definition) is 2. The number of fused-ring (bicyclic) bond motifs is 2. The first-order chi connectivity index (χ1) is 13.5. The molecule has 3 amide bonds. The quantitative estimate of drug-likeness (QED) is 0.729. The van der Waals surface area contributed by atoms with E-state index in [9.17, 15) is 19.5 Å². The van der Waals surface area contributed by atoms with Crippen LogP contribution in [0.25, 0.3) is 0 Å². The van der Waals surface area contributed by atoms with Gasteiger partial charge in [0.1, 0.15) is 6.54 Å². The van der Waals surface area contributed by atoms with Crippen molar-refractivity contribution >= 4 is 17.7 Å². The van der Waals surface area contributed by atoms with Crippen molar-refractivity contribution in [3.63, 3.8) is 0 Å². The molecule has 0 spiro atoms. The second kappa shape index (κ2) is 7.32. The van der Waals surface area contributed by atoms with E-state index in [0.29, 0.717) is 28.2 Å². The van der Waals surface area contributed by atoms with E-state index < -0.39 is 23.8 Å². The molecule has 0 fully saturated rings. The van der Waals surface area contributed by atoms with Crippen molar-refractivity contribution in [2.24, 2.45) is 0 Å². The lowest BCUT2D eigenvalue weighted by Gasteiger charge is -2.15. The molecule has 1 unspecified atom stereocenters. The SMILES string of the molecule is O=C(CN1C(=O)c2ccccc2C1=O)NCCC(O)c1ccc2c(c1)OCO2. The molecule has 0 aromatic heterocycles. The summed E-state index contributed by atoms with van der Waals surface area (Å²) in [5.41, 5.74) is 1.26. The number of aliphatic hydroxyl groups is 1. The number of ether oxygens (including phenoxy) is 2. The highest BCUT2D eigenvalue weighted by Gasteiger charge is 2.36. The van der Waals surface area contributed by atoms with Crippen LogP contribution in [0, 0.1) is 0 Å². The van der Waals surface area contributed by atoms with Gasteiger partial charge in [-0.2, -0.15) is 0 Å². The zero-order chi connectivity index (χ0) is 19.7. The number of nitrogens with zero attached hydrogens (tertiary/aromatic N) is 1. The summed E-state index contributed by atoms with van der Waals surface area (Å²) in [6.45, 7) is -0.00712. The van der Waals surface area contributed by atoms with Crippen LogP contribution in [0.4, 0.5) is 0 Å². The normalized spacial score (nSPS) is 15.5. The van der Waals surface area contributed by atoms with Crippen LogP contribution in [0.2, 0.25) is 0 Å². The van der Waals surface area contributed by atoms with Crippen molar-refractivity contribution in [2.75, 3.05) is 19.9 Å². The van der Waals surface area contributed by atoms with Gasteiger partial charge in [0.05, 0.1) is 17.2 Å². The molecule has 2 heterocycles. The summed E-state index contributed by atoms with van der Waals surface area (Å²) < 4.78 is 10.5. The molecule has 0 bridgehead atoms. The number of benzene rings is 2. The number of nitrogens with one attached hydrogen (secondary N) is 1. The molecule has 0 saturated heterocycles. The molecule has 0 aliphatic carbocycles. The summed E-state index contributed by atoms with van der Waals surface area (Å²) in [5.74, 6) is -0.212. The van der Waals surface area contributed by atoms with Gasteiger partial charge in [0.2, 0.25) is 12.7 Å². The lowest BCUT2D eigenvalue weighted by molar-refractivity contribution is -0.121. The standard InChI is InChI=1S/C20H18N2O6/c23-15(12-5-6-16-17(9-12)28-11-27-16)7-8-21-18(24)10-22-19(25)13-3-1-2-4-14(13)20(22)26/h1-6,9,15,23H,7-8,10-11H2,(H,21,24). The first-order valence-corrected chi connectivity index (χ1v) is 8.84. The maximum absolute atomic E-state index is 12.3. The molecule has 2 aliphatic rings. The van der Waals surface area contributed by atoms with Gasteiger partial charge >= 0.3 is 0 Å². The number of carbonyl (C=O) groups excluding carboxylic acids is 3. The van der Waals surface area contributed by atoms with Crippen molar-refractivity contribution < 1.29 is 29.0 Å². The summed E-state index contributed by atoms with van der Waals surface area (Å²) in [6.07, 6.45) is -0.526. The summed E-state index contributed by atoms with van der Waals surface area (Å²) >= 11 is 0. The Morgan fingerprint density at radius 1 is 1.07 bits per heavy atom. The Hall–Kier alpha value is -3.39. The zero-order valence-electron chi connectivity index (χ0n) is 14.9. The third kappa shape index (κ3) is 3.29. The van der Waals surface area contributed by atoms with Crippen LogP contribution in [-0.4, -0.2) is 47.6 Å². The van der Waals surface area contributed by atoms with E-state index in [1.54, 1.807) is 42.5 Å². The highest BCUT2D eigenvalue weighted by atomic mass is 16.7. The maximum atomic E-state index is 12.3. The lowest BCUT2D eigenvalue weighted by atomic mass is 10.1. The Morgan fingerprint density at radius 3 is 2.46 bits per heavy atom. The monoisotopic (exact) mass is 382 g/mol. The molecule has 2 aromatic rings. The molecular weight excluding hydrogens is 364 g/mol. The molecule has 0 radical (unpaired) electrons. The van der Waals surface area contributed by atoms with Gasteiger partial charge in [0, 0.05) is 6.54 Å². The van der Waals surface area contributed by atoms with E-state index >= 15 is 0 Å². The predicted molar refractivity (Wildman–Crippen MR) is 97.0 cm³/mol. The van der Waals surface area contributed by atoms with Crippen molar-refractivity contribution in [3.05, 3.63) is 59.2 Å². The van der Waals surface area contributed by atoms with Crippen molar-refractivity contribution in [1.29, 1.82) is 0 Å². The fraction of sp³-hybridized carbons (Fsp3) is 0.250. The van der Waals surface area contributed by atoms with Crippen LogP contribution in [0.1, 0.15) is 38.8 Å². The van der Waals surface area contributed by atoms with Crippen molar-refractivity contribution in [3.8, 4) is 11.5 Å². The molecule has 0 saturated carbocycles. The van der Waals surface area contributed by atoms with Gasteiger partial charge in [0.15, 0.2) is 11.5 Å². The van der Waals surface area contributed by atoms with Crippen LogP contribution in [-0.2, 0) is 4.79 Å². The Balaban J connectivity index is 1.28. The van der Waals surface area contributed by atoms with Gasteiger partial charge in [-0.3, -0.25) is 19.3 Å². The van der Waals surface area contributed by atoms with E-state index in [4.69, 9.17) is 9.47 Å². The van der Waals surface area contributed by atoms with Crippen LogP contribution in [0.3, 0.4) is 0 Å². The van der Waals surface area contributed by atoms with Crippen LogP contribution in [0.5, 0.6) is 11.5 Å². The Morgan fingerprint density at radius 2 is 1.75 bits per heavy atom. The number of imide groups is 1. The number of hydrogen-bond acceptors (Lipinski definition) is 6. The van der Waals surface area contributed by atoms with Crippen LogP contribution < -0.4 is 14.8 Å². The fourth-order valence-corrected chi connectivity index (χ4v) is 3.22.